The predicted octanol–water partition coefficient (Wildman–Crippen LogP) is 3.16. The van der Waals surface area contributed by atoms with Crippen LogP contribution in [-0.2, 0) is 10.0 Å². The molecule has 0 amide bonds. The Labute approximate surface area is 188 Å². The second-order valence-electron chi connectivity index (χ2n) is 8.40. The number of alkyl halides is 3. The number of hydrogen-bond acceptors (Lipinski definition) is 3. The summed E-state index contributed by atoms with van der Waals surface area (Å²) in [5.74, 6) is 3.50. The van der Waals surface area contributed by atoms with Crippen molar-refractivity contribution in [2.45, 2.75) is 50.5 Å². The lowest BCUT2D eigenvalue weighted by Gasteiger charge is -2.31. The first-order valence-corrected chi connectivity index (χ1v) is 11.7. The van der Waals surface area contributed by atoms with E-state index in [0.29, 0.717) is 29.7 Å². The molecule has 2 aliphatic carbocycles. The fraction of sp³-hybridized carbons (Fsp3) is 0.944. The first kappa shape index (κ1) is 25.0. The van der Waals surface area contributed by atoms with Gasteiger partial charge in [-0.3, -0.25) is 4.99 Å². The van der Waals surface area contributed by atoms with Gasteiger partial charge in [-0.25, -0.2) is 8.42 Å². The van der Waals surface area contributed by atoms with Crippen LogP contribution in [0.1, 0.15) is 44.9 Å². The van der Waals surface area contributed by atoms with Gasteiger partial charge < -0.3 is 10.6 Å². The van der Waals surface area contributed by atoms with Gasteiger partial charge in [-0.2, -0.15) is 17.5 Å². The largest absolute Gasteiger partial charge is 0.511 e. The van der Waals surface area contributed by atoms with Crippen LogP contribution in [0.5, 0.6) is 0 Å². The van der Waals surface area contributed by atoms with E-state index in [1.807, 2.05) is 0 Å². The Hall–Kier alpha value is -0.300. The number of halogens is 4. The Bertz CT molecular complexity index is 667. The summed E-state index contributed by atoms with van der Waals surface area (Å²) in [7, 11) is -3.51. The third-order valence-electron chi connectivity index (χ3n) is 6.68. The zero-order valence-corrected chi connectivity index (χ0v) is 19.9. The van der Waals surface area contributed by atoms with Crippen LogP contribution in [0.4, 0.5) is 13.2 Å². The number of fused-ring (bicyclic) bond motifs is 2. The van der Waals surface area contributed by atoms with Crippen molar-refractivity contribution in [2.24, 2.45) is 28.7 Å². The van der Waals surface area contributed by atoms with E-state index in [2.05, 4.69) is 15.6 Å². The molecule has 2 N–H and O–H groups in total. The van der Waals surface area contributed by atoms with Crippen LogP contribution in [0, 0.1) is 23.7 Å². The molecule has 3 unspecified atom stereocenters. The molecule has 2 saturated carbocycles. The van der Waals surface area contributed by atoms with E-state index < -0.39 is 15.5 Å². The number of aliphatic imine (C=N–C) groups is 1. The number of sulfonamides is 1. The van der Waals surface area contributed by atoms with E-state index in [1.54, 1.807) is 7.05 Å². The highest BCUT2D eigenvalue weighted by atomic mass is 127. The van der Waals surface area contributed by atoms with Crippen LogP contribution in [0.2, 0.25) is 0 Å². The summed E-state index contributed by atoms with van der Waals surface area (Å²) in [5, 5.41) is 6.56. The highest BCUT2D eigenvalue weighted by Gasteiger charge is 2.50. The molecule has 0 spiro atoms. The molecule has 3 rings (SSSR count). The number of nitrogens with zero attached hydrogens (tertiary/aromatic N) is 2. The van der Waals surface area contributed by atoms with Crippen LogP contribution in [-0.4, -0.2) is 57.4 Å². The van der Waals surface area contributed by atoms with Crippen LogP contribution in [0.3, 0.4) is 0 Å². The highest BCUT2D eigenvalue weighted by molar-refractivity contribution is 14.0. The van der Waals surface area contributed by atoms with Crippen molar-refractivity contribution < 1.29 is 21.6 Å². The summed E-state index contributed by atoms with van der Waals surface area (Å²) in [4.78, 5) is 4.21. The third-order valence-corrected chi connectivity index (χ3v) is 8.31. The first-order chi connectivity index (χ1) is 13.2. The van der Waals surface area contributed by atoms with Crippen LogP contribution >= 0.6 is 24.0 Å². The lowest BCUT2D eigenvalue weighted by molar-refractivity contribution is -0.0496. The molecule has 1 aliphatic heterocycles. The van der Waals surface area contributed by atoms with E-state index in [1.165, 1.54) is 25.7 Å². The molecule has 0 aromatic carbocycles. The topological polar surface area (TPSA) is 73.8 Å². The normalized spacial score (nSPS) is 29.0. The van der Waals surface area contributed by atoms with Gasteiger partial charge in [0.25, 0.3) is 0 Å². The lowest BCUT2D eigenvalue weighted by Crippen LogP contribution is -2.47. The zero-order valence-electron chi connectivity index (χ0n) is 16.7. The summed E-state index contributed by atoms with van der Waals surface area (Å²) >= 11 is 0. The second kappa shape index (κ2) is 10.3. The number of piperidine rings is 1. The minimum absolute atomic E-state index is 0. The predicted molar refractivity (Wildman–Crippen MR) is 118 cm³/mol. The molecular weight excluding hydrogens is 520 g/mol. The third kappa shape index (κ3) is 6.11. The van der Waals surface area contributed by atoms with Gasteiger partial charge in [-0.15, -0.1) is 24.0 Å². The van der Waals surface area contributed by atoms with Crippen LogP contribution in [0.15, 0.2) is 4.99 Å². The quantitative estimate of drug-likeness (QED) is 0.302. The molecule has 170 valence electrons. The Morgan fingerprint density at radius 1 is 1.10 bits per heavy atom. The van der Waals surface area contributed by atoms with Crippen molar-refractivity contribution in [3.05, 3.63) is 0 Å². The maximum Gasteiger partial charge on any atom is 0.511 e. The maximum atomic E-state index is 12.6. The van der Waals surface area contributed by atoms with E-state index >= 15 is 0 Å². The van der Waals surface area contributed by atoms with Crippen molar-refractivity contribution in [1.82, 2.24) is 14.9 Å². The second-order valence-corrected chi connectivity index (χ2v) is 10.3. The smallest absolute Gasteiger partial charge is 0.356 e. The summed E-state index contributed by atoms with van der Waals surface area (Å²) < 4.78 is 61.3. The van der Waals surface area contributed by atoms with Gasteiger partial charge in [0.1, 0.15) is 0 Å². The van der Waals surface area contributed by atoms with Crippen LogP contribution < -0.4 is 10.6 Å². The van der Waals surface area contributed by atoms with Crippen LogP contribution in [0.25, 0.3) is 0 Å². The Morgan fingerprint density at radius 2 is 1.79 bits per heavy atom. The van der Waals surface area contributed by atoms with Gasteiger partial charge in [-0.1, -0.05) is 6.42 Å². The molecule has 3 aliphatic rings. The molecule has 6 nitrogen and oxygen atoms in total. The fourth-order valence-corrected chi connectivity index (χ4v) is 6.05. The van der Waals surface area contributed by atoms with E-state index in [0.717, 1.165) is 30.7 Å². The minimum atomic E-state index is -5.22. The van der Waals surface area contributed by atoms with E-state index in [9.17, 15) is 21.6 Å². The van der Waals surface area contributed by atoms with Crippen molar-refractivity contribution >= 4 is 40.0 Å². The molecule has 3 fully saturated rings. The van der Waals surface area contributed by atoms with Gasteiger partial charge in [0, 0.05) is 33.2 Å². The molecule has 0 aromatic heterocycles. The number of rotatable bonds is 6. The van der Waals surface area contributed by atoms with Crippen molar-refractivity contribution in [3.63, 3.8) is 0 Å². The van der Waals surface area contributed by atoms with Gasteiger partial charge in [-0.05, 0) is 62.2 Å². The number of guanidine groups is 1. The number of hydrogen-bond donors (Lipinski definition) is 2. The zero-order chi connectivity index (χ0) is 20.4. The van der Waals surface area contributed by atoms with Gasteiger partial charge in [0.05, 0.1) is 0 Å². The maximum absolute atomic E-state index is 12.6. The summed E-state index contributed by atoms with van der Waals surface area (Å²) in [6, 6.07) is 0. The fourth-order valence-electron chi connectivity index (χ4n) is 5.07. The Kier molecular flexibility index (Phi) is 8.90. The summed E-state index contributed by atoms with van der Waals surface area (Å²) in [6.07, 6.45) is 7.51. The molecule has 0 aromatic rings. The number of nitrogens with one attached hydrogen (secondary N) is 2. The molecule has 11 heteroatoms. The Morgan fingerprint density at radius 3 is 2.31 bits per heavy atom. The SMILES string of the molecule is CN=C(NCCC1CC2CCC1C2)NCC1CCN(S(=O)(=O)C(F)(F)F)CC1.I. The molecule has 29 heavy (non-hydrogen) atoms. The standard InChI is InChI=1S/C18H31F3N4O2S.HI/c1-22-17(23-7-4-16-11-14-2-3-15(16)10-14)24-12-13-5-8-25(9-6-13)28(26,27)18(19,20)21;/h13-16H,2-12H2,1H3,(H2,22,23,24);1H. The first-order valence-electron chi connectivity index (χ1n) is 10.2. The summed E-state index contributed by atoms with van der Waals surface area (Å²) in [5.41, 5.74) is -5.22. The summed E-state index contributed by atoms with van der Waals surface area (Å²) in [6.45, 7) is 1.26. The average molecular weight is 552 g/mol. The molecular formula is C18H32F3IN4O2S. The molecule has 0 radical (unpaired) electrons. The van der Waals surface area contributed by atoms with Gasteiger partial charge in [0.15, 0.2) is 5.96 Å². The lowest BCUT2D eigenvalue weighted by atomic mass is 9.86. The average Bonchev–Trinajstić information content (AvgIpc) is 3.27. The van der Waals surface area contributed by atoms with Crippen molar-refractivity contribution in [3.8, 4) is 0 Å². The molecule has 1 saturated heterocycles. The molecule has 3 atom stereocenters. The van der Waals surface area contributed by atoms with Gasteiger partial charge >= 0.3 is 15.5 Å². The minimum Gasteiger partial charge on any atom is -0.356 e. The highest BCUT2D eigenvalue weighted by Crippen LogP contribution is 2.49. The monoisotopic (exact) mass is 552 g/mol. The van der Waals surface area contributed by atoms with E-state index in [4.69, 9.17) is 0 Å². The Balaban J connectivity index is 0.00000300. The van der Waals surface area contributed by atoms with Crippen molar-refractivity contribution in [2.75, 3.05) is 33.2 Å². The van der Waals surface area contributed by atoms with Gasteiger partial charge in [0.2, 0.25) is 0 Å². The molecule has 1 heterocycles. The molecule has 2 bridgehead atoms. The van der Waals surface area contributed by atoms with Crippen molar-refractivity contribution in [1.29, 1.82) is 0 Å². The van der Waals surface area contributed by atoms with E-state index in [-0.39, 0.29) is 43.0 Å².